The Morgan fingerprint density at radius 2 is 2.13 bits per heavy atom. The molecular weight excluding hydrogens is 292 g/mol. The Hall–Kier alpha value is -2.40. The standard InChI is InChI=1S/C18H20N2O3/c1-11-15(8-19-10-17(11)23-2)9-20-16-6-12-3-4-13(18(21)22)5-14(12)7-16/h3-5,8,10,16,20H,6-7,9H2,1-2H3,(H,21,22). The number of pyridine rings is 1. The van der Waals surface area contributed by atoms with Crippen molar-refractivity contribution in [2.45, 2.75) is 32.4 Å². The number of ether oxygens (including phenoxy) is 1. The van der Waals surface area contributed by atoms with Gasteiger partial charge < -0.3 is 15.2 Å². The van der Waals surface area contributed by atoms with Crippen LogP contribution in [0.4, 0.5) is 0 Å². The van der Waals surface area contributed by atoms with Crippen LogP contribution >= 0.6 is 0 Å². The summed E-state index contributed by atoms with van der Waals surface area (Å²) < 4.78 is 5.30. The molecule has 1 aliphatic rings. The molecule has 0 aliphatic heterocycles. The van der Waals surface area contributed by atoms with E-state index < -0.39 is 5.97 Å². The van der Waals surface area contributed by atoms with E-state index in [0.29, 0.717) is 11.6 Å². The summed E-state index contributed by atoms with van der Waals surface area (Å²) >= 11 is 0. The minimum atomic E-state index is -0.873. The van der Waals surface area contributed by atoms with Crippen molar-refractivity contribution in [3.63, 3.8) is 0 Å². The number of rotatable bonds is 5. The molecule has 2 N–H and O–H groups in total. The minimum absolute atomic E-state index is 0.319. The van der Waals surface area contributed by atoms with Gasteiger partial charge in [0.05, 0.1) is 18.9 Å². The number of hydrogen-bond acceptors (Lipinski definition) is 4. The van der Waals surface area contributed by atoms with E-state index in [1.165, 1.54) is 5.56 Å². The van der Waals surface area contributed by atoms with Crippen molar-refractivity contribution in [2.24, 2.45) is 0 Å². The van der Waals surface area contributed by atoms with Crippen LogP contribution in [-0.4, -0.2) is 29.2 Å². The van der Waals surface area contributed by atoms with Crippen molar-refractivity contribution >= 4 is 5.97 Å². The second-order valence-corrected chi connectivity index (χ2v) is 5.90. The number of carboxylic acid groups (broad SMARTS) is 1. The predicted octanol–water partition coefficient (Wildman–Crippen LogP) is 2.35. The molecule has 1 atom stereocenters. The molecule has 0 radical (unpaired) electrons. The summed E-state index contributed by atoms with van der Waals surface area (Å²) in [6.45, 7) is 2.75. The normalized spacial score (nSPS) is 16.2. The number of carbonyl (C=O) groups is 1. The molecule has 1 heterocycles. The number of hydrogen-bond donors (Lipinski definition) is 2. The zero-order chi connectivity index (χ0) is 16.4. The lowest BCUT2D eigenvalue weighted by atomic mass is 10.1. The number of nitrogens with zero attached hydrogens (tertiary/aromatic N) is 1. The quantitative estimate of drug-likeness (QED) is 0.887. The minimum Gasteiger partial charge on any atom is -0.495 e. The average molecular weight is 312 g/mol. The first kappa shape index (κ1) is 15.5. The van der Waals surface area contributed by atoms with Crippen molar-refractivity contribution in [3.8, 4) is 5.75 Å². The Morgan fingerprint density at radius 3 is 2.87 bits per heavy atom. The van der Waals surface area contributed by atoms with Gasteiger partial charge in [0.2, 0.25) is 0 Å². The molecular formula is C18H20N2O3. The topological polar surface area (TPSA) is 71.5 Å². The summed E-state index contributed by atoms with van der Waals surface area (Å²) in [6, 6.07) is 5.72. The second-order valence-electron chi connectivity index (χ2n) is 5.90. The van der Waals surface area contributed by atoms with Gasteiger partial charge in [0, 0.05) is 18.8 Å². The van der Waals surface area contributed by atoms with Crippen LogP contribution < -0.4 is 10.1 Å². The molecule has 0 saturated heterocycles. The third-order valence-corrected chi connectivity index (χ3v) is 4.46. The zero-order valence-corrected chi connectivity index (χ0v) is 13.3. The summed E-state index contributed by atoms with van der Waals surface area (Å²) in [5, 5.41) is 12.6. The molecule has 0 saturated carbocycles. The van der Waals surface area contributed by atoms with E-state index in [1.54, 1.807) is 25.4 Å². The third kappa shape index (κ3) is 3.19. The van der Waals surface area contributed by atoms with E-state index in [2.05, 4.69) is 10.3 Å². The molecule has 1 aromatic heterocycles. The van der Waals surface area contributed by atoms with Crippen LogP contribution in [0.2, 0.25) is 0 Å². The Morgan fingerprint density at radius 1 is 1.35 bits per heavy atom. The van der Waals surface area contributed by atoms with Crippen LogP contribution in [0.5, 0.6) is 5.75 Å². The molecule has 120 valence electrons. The summed E-state index contributed by atoms with van der Waals surface area (Å²) in [4.78, 5) is 15.3. The Kier molecular flexibility index (Phi) is 4.30. The van der Waals surface area contributed by atoms with Crippen LogP contribution in [0.1, 0.15) is 32.6 Å². The third-order valence-electron chi connectivity index (χ3n) is 4.46. The Bertz CT molecular complexity index is 743. The number of aromatic carboxylic acids is 1. The monoisotopic (exact) mass is 312 g/mol. The summed E-state index contributed by atoms with van der Waals surface area (Å²) in [5.41, 5.74) is 4.93. The van der Waals surface area contributed by atoms with Gasteiger partial charge in [-0.3, -0.25) is 4.98 Å². The highest BCUT2D eigenvalue weighted by Gasteiger charge is 2.22. The predicted molar refractivity (Wildman–Crippen MR) is 87.0 cm³/mol. The van der Waals surface area contributed by atoms with Gasteiger partial charge in [-0.2, -0.15) is 0 Å². The number of aromatic nitrogens is 1. The highest BCUT2D eigenvalue weighted by atomic mass is 16.5. The average Bonchev–Trinajstić information content (AvgIpc) is 2.95. The van der Waals surface area contributed by atoms with Crippen LogP contribution in [0.3, 0.4) is 0 Å². The van der Waals surface area contributed by atoms with Crippen LogP contribution in [0.15, 0.2) is 30.6 Å². The first-order valence-electron chi connectivity index (χ1n) is 7.64. The van der Waals surface area contributed by atoms with Gasteiger partial charge in [-0.1, -0.05) is 6.07 Å². The van der Waals surface area contributed by atoms with Gasteiger partial charge in [0.1, 0.15) is 5.75 Å². The van der Waals surface area contributed by atoms with Gasteiger partial charge >= 0.3 is 5.97 Å². The summed E-state index contributed by atoms with van der Waals surface area (Å²) in [5.74, 6) is -0.0765. The van der Waals surface area contributed by atoms with Crippen LogP contribution in [0, 0.1) is 6.92 Å². The molecule has 1 aromatic carbocycles. The van der Waals surface area contributed by atoms with Gasteiger partial charge in [0.25, 0.3) is 0 Å². The zero-order valence-electron chi connectivity index (χ0n) is 13.3. The Labute approximate surface area is 135 Å². The maximum atomic E-state index is 11.1. The SMILES string of the molecule is COc1cncc(CNC2Cc3ccc(C(=O)O)cc3C2)c1C. The fourth-order valence-corrected chi connectivity index (χ4v) is 3.08. The molecule has 2 aromatic rings. The number of carboxylic acids is 1. The first-order valence-corrected chi connectivity index (χ1v) is 7.64. The van der Waals surface area contributed by atoms with Crippen molar-refractivity contribution in [1.82, 2.24) is 10.3 Å². The number of benzene rings is 1. The second kappa shape index (κ2) is 6.38. The van der Waals surface area contributed by atoms with Crippen molar-refractivity contribution < 1.29 is 14.6 Å². The molecule has 1 aliphatic carbocycles. The molecule has 0 bridgehead atoms. The molecule has 0 spiro atoms. The maximum absolute atomic E-state index is 11.1. The Balaban J connectivity index is 1.66. The maximum Gasteiger partial charge on any atom is 0.335 e. The highest BCUT2D eigenvalue weighted by molar-refractivity contribution is 5.88. The molecule has 0 amide bonds. The highest BCUT2D eigenvalue weighted by Crippen LogP contribution is 2.24. The van der Waals surface area contributed by atoms with Crippen molar-refractivity contribution in [1.29, 1.82) is 0 Å². The van der Waals surface area contributed by atoms with E-state index in [9.17, 15) is 4.79 Å². The van der Waals surface area contributed by atoms with Crippen LogP contribution in [0.25, 0.3) is 0 Å². The first-order chi connectivity index (χ1) is 11.1. The fraction of sp³-hybridized carbons (Fsp3) is 0.333. The number of nitrogens with one attached hydrogen (secondary N) is 1. The molecule has 3 rings (SSSR count). The van der Waals surface area contributed by atoms with E-state index in [4.69, 9.17) is 9.84 Å². The number of methoxy groups -OCH3 is 1. The van der Waals surface area contributed by atoms with Crippen molar-refractivity contribution in [2.75, 3.05) is 7.11 Å². The lowest BCUT2D eigenvalue weighted by Gasteiger charge is -2.14. The largest absolute Gasteiger partial charge is 0.495 e. The van der Waals surface area contributed by atoms with Gasteiger partial charge in [-0.15, -0.1) is 0 Å². The molecule has 1 unspecified atom stereocenters. The van der Waals surface area contributed by atoms with Crippen molar-refractivity contribution in [3.05, 3.63) is 58.4 Å². The van der Waals surface area contributed by atoms with E-state index in [-0.39, 0.29) is 0 Å². The fourth-order valence-electron chi connectivity index (χ4n) is 3.08. The number of fused-ring (bicyclic) bond motifs is 1. The van der Waals surface area contributed by atoms with Gasteiger partial charge in [-0.05, 0) is 54.2 Å². The summed E-state index contributed by atoms with van der Waals surface area (Å²) in [7, 11) is 1.65. The van der Waals surface area contributed by atoms with E-state index in [1.807, 2.05) is 19.2 Å². The van der Waals surface area contributed by atoms with Crippen LogP contribution in [-0.2, 0) is 19.4 Å². The molecule has 0 fully saturated rings. The molecule has 5 heteroatoms. The van der Waals surface area contributed by atoms with Gasteiger partial charge in [0.15, 0.2) is 0 Å². The van der Waals surface area contributed by atoms with E-state index >= 15 is 0 Å². The lowest BCUT2D eigenvalue weighted by Crippen LogP contribution is -2.29. The smallest absolute Gasteiger partial charge is 0.335 e. The lowest BCUT2D eigenvalue weighted by molar-refractivity contribution is 0.0697. The molecule has 23 heavy (non-hydrogen) atoms. The summed E-state index contributed by atoms with van der Waals surface area (Å²) in [6.07, 6.45) is 5.35. The molecule has 5 nitrogen and oxygen atoms in total. The van der Waals surface area contributed by atoms with Gasteiger partial charge in [-0.25, -0.2) is 4.79 Å². The van der Waals surface area contributed by atoms with E-state index in [0.717, 1.165) is 41.8 Å².